The Morgan fingerprint density at radius 2 is 1.95 bits per heavy atom. The number of rotatable bonds is 8. The molecule has 0 aliphatic carbocycles. The van der Waals surface area contributed by atoms with Gasteiger partial charge >= 0.3 is 0 Å². The molecule has 1 aliphatic rings. The first-order chi connectivity index (χ1) is 10.4. The first-order valence-corrected chi connectivity index (χ1v) is 7.91. The summed E-state index contributed by atoms with van der Waals surface area (Å²) in [7, 11) is 0. The van der Waals surface area contributed by atoms with E-state index in [0.29, 0.717) is 18.8 Å². The molecule has 3 nitrogen and oxygen atoms in total. The molecule has 0 spiro atoms. The van der Waals surface area contributed by atoms with E-state index in [1.54, 1.807) is 6.08 Å². The molecule has 0 unspecified atom stereocenters. The average Bonchev–Trinajstić information content (AvgIpc) is 2.53. The Morgan fingerprint density at radius 1 is 1.14 bits per heavy atom. The quantitative estimate of drug-likeness (QED) is 0.588. The van der Waals surface area contributed by atoms with Crippen LogP contribution in [0.4, 0.5) is 0 Å². The highest BCUT2D eigenvalue weighted by Gasteiger charge is 2.21. The van der Waals surface area contributed by atoms with Gasteiger partial charge in [-0.05, 0) is 37.7 Å². The summed E-state index contributed by atoms with van der Waals surface area (Å²) in [5, 5.41) is 8.74. The van der Waals surface area contributed by atoms with Crippen LogP contribution in [0.3, 0.4) is 0 Å². The second-order valence-electron chi connectivity index (χ2n) is 5.53. The van der Waals surface area contributed by atoms with Crippen LogP contribution >= 0.6 is 0 Å². The maximum Gasteiger partial charge on any atom is 0.0716 e. The Hall–Kier alpha value is -1.16. The van der Waals surface area contributed by atoms with Crippen molar-refractivity contribution in [1.82, 2.24) is 0 Å². The molecule has 1 fully saturated rings. The molecule has 1 N–H and O–H groups in total. The molecular formula is C18H26O3. The van der Waals surface area contributed by atoms with Crippen LogP contribution in [-0.2, 0) is 16.1 Å². The lowest BCUT2D eigenvalue weighted by atomic mass is 10.0. The van der Waals surface area contributed by atoms with Crippen molar-refractivity contribution in [3.05, 3.63) is 48.0 Å². The zero-order valence-electron chi connectivity index (χ0n) is 12.6. The van der Waals surface area contributed by atoms with Crippen molar-refractivity contribution in [2.45, 2.75) is 50.9 Å². The lowest BCUT2D eigenvalue weighted by molar-refractivity contribution is -0.0619. The largest absolute Gasteiger partial charge is 0.392 e. The third-order valence-corrected chi connectivity index (χ3v) is 3.80. The maximum atomic E-state index is 8.74. The minimum atomic E-state index is 0.115. The van der Waals surface area contributed by atoms with E-state index in [4.69, 9.17) is 14.6 Å². The van der Waals surface area contributed by atoms with Crippen LogP contribution in [-0.4, -0.2) is 30.5 Å². The van der Waals surface area contributed by atoms with Crippen molar-refractivity contribution < 1.29 is 14.6 Å². The zero-order valence-corrected chi connectivity index (χ0v) is 12.6. The van der Waals surface area contributed by atoms with Gasteiger partial charge in [0, 0.05) is 6.61 Å². The molecule has 0 amide bonds. The van der Waals surface area contributed by atoms with E-state index in [-0.39, 0.29) is 6.61 Å². The number of benzene rings is 1. The van der Waals surface area contributed by atoms with Crippen molar-refractivity contribution in [2.24, 2.45) is 0 Å². The lowest BCUT2D eigenvalue weighted by Gasteiger charge is -2.29. The number of ether oxygens (including phenoxy) is 2. The fourth-order valence-corrected chi connectivity index (χ4v) is 2.67. The van der Waals surface area contributed by atoms with E-state index in [2.05, 4.69) is 12.1 Å². The Balaban J connectivity index is 1.60. The van der Waals surface area contributed by atoms with Crippen molar-refractivity contribution in [1.29, 1.82) is 0 Å². The maximum absolute atomic E-state index is 8.74. The molecule has 2 rings (SSSR count). The monoisotopic (exact) mass is 290 g/mol. The van der Waals surface area contributed by atoms with Gasteiger partial charge in [-0.2, -0.15) is 0 Å². The minimum absolute atomic E-state index is 0.115. The summed E-state index contributed by atoms with van der Waals surface area (Å²) in [5.41, 5.74) is 1.22. The van der Waals surface area contributed by atoms with Crippen LogP contribution in [0, 0.1) is 0 Å². The molecule has 0 aromatic heterocycles. The average molecular weight is 290 g/mol. The van der Waals surface area contributed by atoms with E-state index in [1.165, 1.54) is 12.0 Å². The van der Waals surface area contributed by atoms with Crippen LogP contribution in [0.15, 0.2) is 42.5 Å². The van der Waals surface area contributed by atoms with E-state index >= 15 is 0 Å². The van der Waals surface area contributed by atoms with Gasteiger partial charge in [-0.15, -0.1) is 0 Å². The molecular weight excluding hydrogens is 264 g/mol. The van der Waals surface area contributed by atoms with Crippen LogP contribution in [0.2, 0.25) is 0 Å². The highest BCUT2D eigenvalue weighted by Crippen LogP contribution is 2.23. The summed E-state index contributed by atoms with van der Waals surface area (Å²) in [5.74, 6) is 0. The summed E-state index contributed by atoms with van der Waals surface area (Å²) in [6, 6.07) is 10.3. The van der Waals surface area contributed by atoms with Gasteiger partial charge in [-0.1, -0.05) is 42.5 Å². The zero-order chi connectivity index (χ0) is 14.8. The number of aliphatic hydroxyl groups is 1. The second-order valence-corrected chi connectivity index (χ2v) is 5.53. The van der Waals surface area contributed by atoms with Gasteiger partial charge in [-0.25, -0.2) is 0 Å². The summed E-state index contributed by atoms with van der Waals surface area (Å²) in [4.78, 5) is 0. The molecule has 1 saturated heterocycles. The van der Waals surface area contributed by atoms with Gasteiger partial charge in [0.15, 0.2) is 0 Å². The highest BCUT2D eigenvalue weighted by molar-refractivity contribution is 5.13. The molecule has 116 valence electrons. The second kappa shape index (κ2) is 9.72. The van der Waals surface area contributed by atoms with Crippen LogP contribution in [0.25, 0.3) is 0 Å². The summed E-state index contributed by atoms with van der Waals surface area (Å²) >= 11 is 0. The van der Waals surface area contributed by atoms with E-state index < -0.39 is 0 Å². The third kappa shape index (κ3) is 6.42. The summed E-state index contributed by atoms with van der Waals surface area (Å²) in [6.45, 7) is 1.54. The topological polar surface area (TPSA) is 38.7 Å². The predicted octanol–water partition coefficient (Wildman–Crippen LogP) is 3.47. The number of hydrogen-bond acceptors (Lipinski definition) is 3. The molecule has 1 aromatic rings. The Kier molecular flexibility index (Phi) is 7.50. The van der Waals surface area contributed by atoms with Gasteiger partial charge in [0.05, 0.1) is 25.4 Å². The molecule has 21 heavy (non-hydrogen) atoms. The molecule has 1 aromatic carbocycles. The van der Waals surface area contributed by atoms with E-state index in [0.717, 1.165) is 32.3 Å². The van der Waals surface area contributed by atoms with Crippen molar-refractivity contribution in [3.63, 3.8) is 0 Å². The summed E-state index contributed by atoms with van der Waals surface area (Å²) < 4.78 is 11.8. The van der Waals surface area contributed by atoms with Crippen LogP contribution < -0.4 is 0 Å². The SMILES string of the molecule is OC/C=C/C[C@@H]1CCC[C@H](CCOCc2ccccc2)O1. The first-order valence-electron chi connectivity index (χ1n) is 7.91. The van der Waals surface area contributed by atoms with Gasteiger partial charge in [0.1, 0.15) is 0 Å². The minimum Gasteiger partial charge on any atom is -0.392 e. The third-order valence-electron chi connectivity index (χ3n) is 3.80. The molecule has 0 bridgehead atoms. The summed E-state index contributed by atoms with van der Waals surface area (Å²) in [6.07, 6.45) is 9.78. The van der Waals surface area contributed by atoms with Crippen molar-refractivity contribution in [2.75, 3.05) is 13.2 Å². The molecule has 1 heterocycles. The van der Waals surface area contributed by atoms with Crippen LogP contribution in [0.5, 0.6) is 0 Å². The molecule has 1 aliphatic heterocycles. The smallest absolute Gasteiger partial charge is 0.0716 e. The fourth-order valence-electron chi connectivity index (χ4n) is 2.67. The standard InChI is InChI=1S/C18H26O3/c19-13-5-4-9-17-10-6-11-18(21-17)12-14-20-15-16-7-2-1-3-8-16/h1-5,7-8,17-19H,6,9-15H2/b5-4+/t17-,18-/m1/s1. The van der Waals surface area contributed by atoms with Gasteiger partial charge < -0.3 is 14.6 Å². The number of hydrogen-bond donors (Lipinski definition) is 1. The lowest BCUT2D eigenvalue weighted by Crippen LogP contribution is -2.28. The normalized spacial score (nSPS) is 22.7. The molecule has 0 radical (unpaired) electrons. The highest BCUT2D eigenvalue weighted by atomic mass is 16.5. The predicted molar refractivity (Wildman–Crippen MR) is 84.1 cm³/mol. The Labute approximate surface area is 127 Å². The molecule has 2 atom stereocenters. The Morgan fingerprint density at radius 3 is 2.76 bits per heavy atom. The van der Waals surface area contributed by atoms with E-state index in [1.807, 2.05) is 24.3 Å². The van der Waals surface area contributed by atoms with Crippen molar-refractivity contribution in [3.8, 4) is 0 Å². The Bertz CT molecular complexity index is 402. The number of aliphatic hydroxyl groups excluding tert-OH is 1. The fraction of sp³-hybridized carbons (Fsp3) is 0.556. The van der Waals surface area contributed by atoms with Crippen molar-refractivity contribution >= 4 is 0 Å². The molecule has 0 saturated carbocycles. The van der Waals surface area contributed by atoms with E-state index in [9.17, 15) is 0 Å². The molecule has 3 heteroatoms. The van der Waals surface area contributed by atoms with Crippen LogP contribution in [0.1, 0.15) is 37.7 Å². The van der Waals surface area contributed by atoms with Gasteiger partial charge in [0.25, 0.3) is 0 Å². The van der Waals surface area contributed by atoms with Gasteiger partial charge in [0.2, 0.25) is 0 Å². The van der Waals surface area contributed by atoms with Gasteiger partial charge in [-0.3, -0.25) is 0 Å². The first kappa shape index (κ1) is 16.2.